The Hall–Kier alpha value is -1.84. The molecule has 1 aromatic rings. The van der Waals surface area contributed by atoms with Crippen LogP contribution in [0, 0.1) is 6.92 Å². The molecule has 0 bridgehead atoms. The molecule has 1 rings (SSSR count). The number of anilines is 1. The zero-order valence-corrected chi connectivity index (χ0v) is 9.66. The highest BCUT2D eigenvalue weighted by Crippen LogP contribution is 2.18. The molecule has 1 aromatic carbocycles. The van der Waals surface area contributed by atoms with Gasteiger partial charge in [-0.25, -0.2) is 0 Å². The number of hydrogen-bond acceptors (Lipinski definition) is 3. The second-order valence-electron chi connectivity index (χ2n) is 3.62. The lowest BCUT2D eigenvalue weighted by molar-refractivity contribution is -0.142. The van der Waals surface area contributed by atoms with Gasteiger partial charge in [-0.15, -0.1) is 0 Å². The Morgan fingerprint density at radius 1 is 1.31 bits per heavy atom. The first-order chi connectivity index (χ1) is 7.49. The molecule has 0 saturated heterocycles. The average molecular weight is 221 g/mol. The van der Waals surface area contributed by atoms with Crippen molar-refractivity contribution in [2.24, 2.45) is 0 Å². The van der Waals surface area contributed by atoms with Crippen molar-refractivity contribution < 1.29 is 14.3 Å². The van der Waals surface area contributed by atoms with Crippen LogP contribution in [0.15, 0.2) is 18.2 Å². The van der Waals surface area contributed by atoms with Gasteiger partial charge in [0, 0.05) is 25.1 Å². The van der Waals surface area contributed by atoms with Crippen LogP contribution in [0.25, 0.3) is 0 Å². The van der Waals surface area contributed by atoms with Crippen molar-refractivity contribution in [2.75, 3.05) is 5.32 Å². The first-order valence-electron chi connectivity index (χ1n) is 4.99. The third-order valence-corrected chi connectivity index (χ3v) is 2.01. The quantitative estimate of drug-likeness (QED) is 0.794. The summed E-state index contributed by atoms with van der Waals surface area (Å²) in [6, 6.07) is 5.59. The third-order valence-electron chi connectivity index (χ3n) is 2.01. The zero-order valence-electron chi connectivity index (χ0n) is 9.66. The standard InChI is InChI=1S/C12H15NO3/c1-8-4-5-11(7-16-10(3)15)12(6-8)13-9(2)14/h4-6H,7H2,1-3H3,(H,13,14). The lowest BCUT2D eigenvalue weighted by Crippen LogP contribution is -2.09. The predicted octanol–water partition coefficient (Wildman–Crippen LogP) is 2.02. The van der Waals surface area contributed by atoms with Crippen molar-refractivity contribution in [3.05, 3.63) is 29.3 Å². The smallest absolute Gasteiger partial charge is 0.302 e. The monoisotopic (exact) mass is 221 g/mol. The summed E-state index contributed by atoms with van der Waals surface area (Å²) < 4.78 is 4.90. The summed E-state index contributed by atoms with van der Waals surface area (Å²) in [6.45, 7) is 4.90. The summed E-state index contributed by atoms with van der Waals surface area (Å²) in [5.41, 5.74) is 2.51. The van der Waals surface area contributed by atoms with E-state index in [1.165, 1.54) is 13.8 Å². The Morgan fingerprint density at radius 3 is 2.56 bits per heavy atom. The van der Waals surface area contributed by atoms with E-state index in [4.69, 9.17) is 4.74 Å². The first kappa shape index (κ1) is 12.2. The zero-order chi connectivity index (χ0) is 12.1. The van der Waals surface area contributed by atoms with E-state index in [1.54, 1.807) is 0 Å². The van der Waals surface area contributed by atoms with Crippen LogP contribution in [0.2, 0.25) is 0 Å². The molecule has 86 valence electrons. The lowest BCUT2D eigenvalue weighted by Gasteiger charge is -2.10. The number of esters is 1. The highest BCUT2D eigenvalue weighted by molar-refractivity contribution is 5.89. The molecule has 0 aliphatic heterocycles. The first-order valence-corrected chi connectivity index (χ1v) is 4.99. The Morgan fingerprint density at radius 2 is 2.00 bits per heavy atom. The molecule has 4 heteroatoms. The number of carbonyl (C=O) groups excluding carboxylic acids is 2. The van der Waals surface area contributed by atoms with Crippen molar-refractivity contribution in [3.8, 4) is 0 Å². The molecule has 4 nitrogen and oxygen atoms in total. The van der Waals surface area contributed by atoms with Crippen molar-refractivity contribution in [3.63, 3.8) is 0 Å². The summed E-state index contributed by atoms with van der Waals surface area (Å²) in [6.07, 6.45) is 0. The molecule has 0 fully saturated rings. The Balaban J connectivity index is 2.88. The van der Waals surface area contributed by atoms with Gasteiger partial charge in [0.15, 0.2) is 0 Å². The SMILES string of the molecule is CC(=O)Nc1cc(C)ccc1COC(C)=O. The molecule has 0 unspecified atom stereocenters. The van der Waals surface area contributed by atoms with Crippen molar-refractivity contribution >= 4 is 17.6 Å². The summed E-state index contributed by atoms with van der Waals surface area (Å²) in [7, 11) is 0. The minimum Gasteiger partial charge on any atom is -0.461 e. The fourth-order valence-electron chi connectivity index (χ4n) is 1.30. The topological polar surface area (TPSA) is 55.4 Å². The van der Waals surface area contributed by atoms with Crippen molar-refractivity contribution in [2.45, 2.75) is 27.4 Å². The van der Waals surface area contributed by atoms with E-state index >= 15 is 0 Å². The Bertz CT molecular complexity index is 413. The average Bonchev–Trinajstić information content (AvgIpc) is 2.15. The van der Waals surface area contributed by atoms with E-state index < -0.39 is 0 Å². The van der Waals surface area contributed by atoms with Gasteiger partial charge in [0.25, 0.3) is 0 Å². The molecule has 1 N–H and O–H groups in total. The second kappa shape index (κ2) is 5.30. The van der Waals surface area contributed by atoms with Crippen LogP contribution < -0.4 is 5.32 Å². The molecular weight excluding hydrogens is 206 g/mol. The van der Waals surface area contributed by atoms with Crippen LogP contribution in [-0.4, -0.2) is 11.9 Å². The maximum Gasteiger partial charge on any atom is 0.302 e. The molecule has 0 heterocycles. The van der Waals surface area contributed by atoms with Gasteiger partial charge in [-0.3, -0.25) is 9.59 Å². The number of nitrogens with one attached hydrogen (secondary N) is 1. The molecule has 0 saturated carbocycles. The van der Waals surface area contributed by atoms with E-state index in [2.05, 4.69) is 5.32 Å². The van der Waals surface area contributed by atoms with E-state index in [0.717, 1.165) is 11.1 Å². The van der Waals surface area contributed by atoms with Gasteiger partial charge in [-0.1, -0.05) is 12.1 Å². The van der Waals surface area contributed by atoms with Crippen LogP contribution in [-0.2, 0) is 20.9 Å². The van der Waals surface area contributed by atoms with Crippen LogP contribution in [0.1, 0.15) is 25.0 Å². The summed E-state index contributed by atoms with van der Waals surface area (Å²) in [5.74, 6) is -0.482. The van der Waals surface area contributed by atoms with Crippen LogP contribution in [0.5, 0.6) is 0 Å². The highest BCUT2D eigenvalue weighted by atomic mass is 16.5. The van der Waals surface area contributed by atoms with Gasteiger partial charge in [0.1, 0.15) is 6.61 Å². The molecule has 1 amide bonds. The number of aryl methyl sites for hydroxylation is 1. The van der Waals surface area contributed by atoms with E-state index in [0.29, 0.717) is 5.69 Å². The van der Waals surface area contributed by atoms with Crippen molar-refractivity contribution in [1.82, 2.24) is 0 Å². The maximum absolute atomic E-state index is 11.0. The normalized spacial score (nSPS) is 9.69. The fourth-order valence-corrected chi connectivity index (χ4v) is 1.30. The molecule has 16 heavy (non-hydrogen) atoms. The summed E-state index contributed by atoms with van der Waals surface area (Å²) >= 11 is 0. The largest absolute Gasteiger partial charge is 0.461 e. The maximum atomic E-state index is 11.0. The number of hydrogen-bond donors (Lipinski definition) is 1. The number of ether oxygens (including phenoxy) is 1. The van der Waals surface area contributed by atoms with Gasteiger partial charge >= 0.3 is 5.97 Å². The molecule has 0 radical (unpaired) electrons. The predicted molar refractivity (Wildman–Crippen MR) is 61.0 cm³/mol. The Kier molecular flexibility index (Phi) is 4.05. The lowest BCUT2D eigenvalue weighted by atomic mass is 10.1. The molecule has 0 aliphatic rings. The molecule has 0 atom stereocenters. The van der Waals surface area contributed by atoms with Gasteiger partial charge in [0.2, 0.25) is 5.91 Å². The number of rotatable bonds is 3. The summed E-state index contributed by atoms with van der Waals surface area (Å²) in [4.78, 5) is 21.7. The van der Waals surface area contributed by atoms with Crippen LogP contribution in [0.3, 0.4) is 0 Å². The van der Waals surface area contributed by atoms with Crippen LogP contribution in [0.4, 0.5) is 5.69 Å². The number of carbonyl (C=O) groups is 2. The molecule has 0 aromatic heterocycles. The Labute approximate surface area is 94.6 Å². The minimum absolute atomic E-state index is 0.144. The third kappa shape index (κ3) is 3.73. The minimum atomic E-state index is -0.339. The summed E-state index contributed by atoms with van der Waals surface area (Å²) in [5, 5.41) is 2.71. The number of amides is 1. The molecule has 0 aliphatic carbocycles. The fraction of sp³-hybridized carbons (Fsp3) is 0.333. The van der Waals surface area contributed by atoms with Crippen LogP contribution >= 0.6 is 0 Å². The molecular formula is C12H15NO3. The number of benzene rings is 1. The molecule has 0 spiro atoms. The van der Waals surface area contributed by atoms with Gasteiger partial charge in [0.05, 0.1) is 0 Å². The van der Waals surface area contributed by atoms with Gasteiger partial charge in [-0.05, 0) is 18.6 Å². The second-order valence-corrected chi connectivity index (χ2v) is 3.62. The van der Waals surface area contributed by atoms with Gasteiger partial charge < -0.3 is 10.1 Å². The van der Waals surface area contributed by atoms with Crippen molar-refractivity contribution in [1.29, 1.82) is 0 Å². The van der Waals surface area contributed by atoms with E-state index in [-0.39, 0.29) is 18.5 Å². The van der Waals surface area contributed by atoms with Gasteiger partial charge in [-0.2, -0.15) is 0 Å². The van der Waals surface area contributed by atoms with E-state index in [1.807, 2.05) is 25.1 Å². The van der Waals surface area contributed by atoms with E-state index in [9.17, 15) is 9.59 Å². The highest BCUT2D eigenvalue weighted by Gasteiger charge is 2.05.